The number of aromatic carboxylic acids is 1. The molecule has 1 heterocycles. The van der Waals surface area contributed by atoms with Crippen LogP contribution in [0.15, 0.2) is 35.3 Å². The first-order valence-corrected chi connectivity index (χ1v) is 10.5. The lowest BCUT2D eigenvalue weighted by Crippen LogP contribution is -2.26. The molecule has 3 aromatic rings. The summed E-state index contributed by atoms with van der Waals surface area (Å²) in [6.07, 6.45) is 1.37. The van der Waals surface area contributed by atoms with Gasteiger partial charge in [0, 0.05) is 24.2 Å². The van der Waals surface area contributed by atoms with Crippen LogP contribution >= 0.6 is 11.6 Å². The van der Waals surface area contributed by atoms with E-state index in [1.165, 1.54) is 19.4 Å². The number of halogens is 2. The second kappa shape index (κ2) is 9.30. The predicted molar refractivity (Wildman–Crippen MR) is 122 cm³/mol. The number of aromatic nitrogens is 1. The van der Waals surface area contributed by atoms with Gasteiger partial charge in [-0.15, -0.1) is 0 Å². The minimum atomic E-state index is -1.36. The Morgan fingerprint density at radius 3 is 2.56 bits per heavy atom. The summed E-state index contributed by atoms with van der Waals surface area (Å²) in [5.41, 5.74) is 0.765. The van der Waals surface area contributed by atoms with E-state index in [-0.39, 0.29) is 29.4 Å². The van der Waals surface area contributed by atoms with Gasteiger partial charge in [0.05, 0.1) is 35.7 Å². The molecule has 0 radical (unpaired) electrons. The van der Waals surface area contributed by atoms with Gasteiger partial charge in [-0.25, -0.2) is 9.18 Å². The Morgan fingerprint density at radius 2 is 2.00 bits per heavy atom. The smallest absolute Gasteiger partial charge is 0.341 e. The van der Waals surface area contributed by atoms with Crippen LogP contribution in [0.1, 0.15) is 46.9 Å². The maximum absolute atomic E-state index is 14.6. The summed E-state index contributed by atoms with van der Waals surface area (Å²) in [6, 6.07) is 5.85. The molecule has 170 valence electrons. The highest BCUT2D eigenvalue weighted by Crippen LogP contribution is 2.34. The Hall–Kier alpha value is -2.90. The molecule has 1 unspecified atom stereocenters. The molecule has 2 aromatic carbocycles. The molecule has 0 saturated carbocycles. The molecule has 0 fully saturated rings. The fraction of sp³-hybridized carbons (Fsp3) is 0.333. The highest BCUT2D eigenvalue weighted by molar-refractivity contribution is 6.30. The van der Waals surface area contributed by atoms with E-state index in [4.69, 9.17) is 16.3 Å². The highest BCUT2D eigenvalue weighted by atomic mass is 35.5. The van der Waals surface area contributed by atoms with Gasteiger partial charge in [-0.3, -0.25) is 4.79 Å². The third-order valence-electron chi connectivity index (χ3n) is 5.83. The molecule has 0 aliphatic heterocycles. The maximum Gasteiger partial charge on any atom is 0.341 e. The van der Waals surface area contributed by atoms with Gasteiger partial charge in [0.15, 0.2) is 0 Å². The summed E-state index contributed by atoms with van der Waals surface area (Å²) < 4.78 is 21.8. The van der Waals surface area contributed by atoms with Crippen LogP contribution in [0.4, 0.5) is 4.39 Å². The number of nitrogens with zero attached hydrogens (tertiary/aromatic N) is 1. The van der Waals surface area contributed by atoms with Crippen LogP contribution in [0, 0.1) is 18.7 Å². The molecular formula is C24H25ClFNO5. The number of carbonyl (C=O) groups is 1. The van der Waals surface area contributed by atoms with Gasteiger partial charge < -0.3 is 19.5 Å². The number of methoxy groups -OCH3 is 1. The first kappa shape index (κ1) is 23.8. The van der Waals surface area contributed by atoms with Crippen LogP contribution in [0.2, 0.25) is 5.02 Å². The number of carboxylic acids is 1. The molecule has 3 rings (SSSR count). The van der Waals surface area contributed by atoms with E-state index in [0.29, 0.717) is 28.0 Å². The van der Waals surface area contributed by atoms with E-state index in [2.05, 4.69) is 0 Å². The average Bonchev–Trinajstić information content (AvgIpc) is 2.74. The fourth-order valence-corrected chi connectivity index (χ4v) is 4.22. The molecule has 0 saturated heterocycles. The Balaban J connectivity index is 2.41. The zero-order valence-electron chi connectivity index (χ0n) is 18.3. The maximum atomic E-state index is 14.6. The van der Waals surface area contributed by atoms with E-state index >= 15 is 0 Å². The Labute approximate surface area is 189 Å². The Morgan fingerprint density at radius 1 is 1.31 bits per heavy atom. The molecular weight excluding hydrogens is 437 g/mol. The van der Waals surface area contributed by atoms with Crippen LogP contribution in [0.5, 0.6) is 5.75 Å². The van der Waals surface area contributed by atoms with Gasteiger partial charge in [-0.1, -0.05) is 37.6 Å². The number of fused-ring (bicyclic) bond motifs is 1. The van der Waals surface area contributed by atoms with E-state index in [1.54, 1.807) is 29.7 Å². The average molecular weight is 462 g/mol. The van der Waals surface area contributed by atoms with Crippen molar-refractivity contribution >= 4 is 28.5 Å². The summed E-state index contributed by atoms with van der Waals surface area (Å²) >= 11 is 5.92. The Kier molecular flexibility index (Phi) is 6.91. The molecule has 0 amide bonds. The van der Waals surface area contributed by atoms with Crippen molar-refractivity contribution in [3.05, 3.63) is 73.8 Å². The summed E-state index contributed by atoms with van der Waals surface area (Å²) in [5.74, 6) is -1.54. The summed E-state index contributed by atoms with van der Waals surface area (Å²) in [4.78, 5) is 25.0. The van der Waals surface area contributed by atoms with Crippen LogP contribution in [-0.4, -0.2) is 34.5 Å². The molecule has 0 bridgehead atoms. The van der Waals surface area contributed by atoms with Crippen molar-refractivity contribution in [3.8, 4) is 5.75 Å². The lowest BCUT2D eigenvalue weighted by molar-refractivity contribution is 0.0694. The minimum Gasteiger partial charge on any atom is -0.496 e. The summed E-state index contributed by atoms with van der Waals surface area (Å²) in [7, 11) is 1.47. The van der Waals surface area contributed by atoms with Crippen molar-refractivity contribution < 1.29 is 24.1 Å². The molecule has 1 atom stereocenters. The van der Waals surface area contributed by atoms with Crippen molar-refractivity contribution in [2.45, 2.75) is 33.2 Å². The zero-order chi connectivity index (χ0) is 23.7. The molecule has 2 N–H and O–H groups in total. The standard InChI is InChI=1S/C24H25ClFNO5/c1-12(2)19(11-28)27-10-16(24(30)31)23(29)21-13(3)15(20(32-4)9-18(21)27)8-14-6-5-7-17(25)22(14)26/h5-7,9-10,12,19,28H,8,11H2,1-4H3,(H,30,31). The normalized spacial score (nSPS) is 12.4. The van der Waals surface area contributed by atoms with Crippen LogP contribution in [-0.2, 0) is 6.42 Å². The number of aliphatic hydroxyl groups is 1. The highest BCUT2D eigenvalue weighted by Gasteiger charge is 2.25. The van der Waals surface area contributed by atoms with Crippen molar-refractivity contribution in [2.24, 2.45) is 5.92 Å². The van der Waals surface area contributed by atoms with E-state index in [1.807, 2.05) is 13.8 Å². The number of hydrogen-bond donors (Lipinski definition) is 2. The monoisotopic (exact) mass is 461 g/mol. The molecule has 32 heavy (non-hydrogen) atoms. The topological polar surface area (TPSA) is 88.8 Å². The number of carboxylic acid groups (broad SMARTS) is 1. The first-order valence-electron chi connectivity index (χ1n) is 10.1. The van der Waals surface area contributed by atoms with Gasteiger partial charge in [0.25, 0.3) is 0 Å². The quantitative estimate of drug-likeness (QED) is 0.537. The summed E-state index contributed by atoms with van der Waals surface area (Å²) in [6.45, 7) is 5.23. The SMILES string of the molecule is COc1cc2c(c(C)c1Cc1cccc(Cl)c1F)c(=O)c(C(=O)O)cn2C(CO)C(C)C. The van der Waals surface area contributed by atoms with Crippen molar-refractivity contribution in [3.63, 3.8) is 0 Å². The minimum absolute atomic E-state index is 0.0156. The molecule has 0 aliphatic carbocycles. The fourth-order valence-electron chi connectivity index (χ4n) is 4.03. The van der Waals surface area contributed by atoms with E-state index in [9.17, 15) is 24.2 Å². The number of ether oxygens (including phenoxy) is 1. The first-order chi connectivity index (χ1) is 15.1. The van der Waals surface area contributed by atoms with Gasteiger partial charge in [-0.05, 0) is 30.0 Å². The van der Waals surface area contributed by atoms with Crippen LogP contribution in [0.3, 0.4) is 0 Å². The third kappa shape index (κ3) is 4.10. The van der Waals surface area contributed by atoms with Gasteiger partial charge in [0.2, 0.25) is 5.43 Å². The summed E-state index contributed by atoms with van der Waals surface area (Å²) in [5, 5.41) is 19.8. The van der Waals surface area contributed by atoms with Gasteiger partial charge >= 0.3 is 5.97 Å². The second-order valence-electron chi connectivity index (χ2n) is 8.04. The lowest BCUT2D eigenvalue weighted by Gasteiger charge is -2.26. The van der Waals surface area contributed by atoms with Crippen LogP contribution < -0.4 is 10.2 Å². The number of pyridine rings is 1. The largest absolute Gasteiger partial charge is 0.496 e. The van der Waals surface area contributed by atoms with Crippen LogP contribution in [0.25, 0.3) is 10.9 Å². The molecule has 8 heteroatoms. The van der Waals surface area contributed by atoms with Crippen molar-refractivity contribution in [2.75, 3.05) is 13.7 Å². The second-order valence-corrected chi connectivity index (χ2v) is 8.45. The number of benzene rings is 2. The zero-order valence-corrected chi connectivity index (χ0v) is 19.0. The van der Waals surface area contributed by atoms with Crippen molar-refractivity contribution in [1.29, 1.82) is 0 Å². The number of aryl methyl sites for hydroxylation is 1. The molecule has 1 aromatic heterocycles. The van der Waals surface area contributed by atoms with E-state index < -0.39 is 28.8 Å². The van der Waals surface area contributed by atoms with Gasteiger partial charge in [-0.2, -0.15) is 0 Å². The lowest BCUT2D eigenvalue weighted by atomic mass is 9.94. The van der Waals surface area contributed by atoms with Gasteiger partial charge in [0.1, 0.15) is 17.1 Å². The number of hydrogen-bond acceptors (Lipinski definition) is 4. The third-order valence-corrected chi connectivity index (χ3v) is 6.12. The Bertz CT molecular complexity index is 1250. The van der Waals surface area contributed by atoms with E-state index in [0.717, 1.165) is 0 Å². The number of rotatable bonds is 7. The predicted octanol–water partition coefficient (Wildman–Crippen LogP) is 4.59. The molecule has 6 nitrogen and oxygen atoms in total. The number of aliphatic hydroxyl groups excluding tert-OH is 1. The molecule has 0 spiro atoms. The van der Waals surface area contributed by atoms with Crippen molar-refractivity contribution in [1.82, 2.24) is 4.57 Å². The molecule has 0 aliphatic rings.